The monoisotopic (exact) mass is 573 g/mol. The second kappa shape index (κ2) is 12.1. The largest absolute Gasteiger partial charge is 0.508 e. The summed E-state index contributed by atoms with van der Waals surface area (Å²) in [5.41, 5.74) is 4.25. The Hall–Kier alpha value is -5.57. The van der Waals surface area contributed by atoms with E-state index in [1.807, 2.05) is 98.8 Å². The molecule has 0 aliphatic carbocycles. The number of amides is 1. The lowest BCUT2D eigenvalue weighted by atomic mass is 9.94. The molecule has 0 saturated carbocycles. The third-order valence-corrected chi connectivity index (χ3v) is 7.05. The molecule has 4 aromatic carbocycles. The lowest BCUT2D eigenvalue weighted by molar-refractivity contribution is -0.113. The molecule has 0 radical (unpaired) electrons. The summed E-state index contributed by atoms with van der Waals surface area (Å²) in [7, 11) is 0. The first-order chi connectivity index (χ1) is 21.0. The quantitative estimate of drug-likeness (QED) is 0.183. The Morgan fingerprint density at radius 2 is 1.70 bits per heavy atom. The normalized spacial score (nSPS) is 14.0. The van der Waals surface area contributed by atoms with Crippen LogP contribution >= 0.6 is 0 Å². The van der Waals surface area contributed by atoms with Crippen molar-refractivity contribution in [2.24, 2.45) is 0 Å². The molecule has 1 aromatic heterocycles. The van der Waals surface area contributed by atoms with Crippen LogP contribution in [0.4, 0.5) is 11.6 Å². The van der Waals surface area contributed by atoms with Crippen molar-refractivity contribution in [1.82, 2.24) is 14.8 Å². The first-order valence-electron chi connectivity index (χ1n) is 14.0. The van der Waals surface area contributed by atoms with Crippen molar-refractivity contribution in [2.45, 2.75) is 26.5 Å². The molecular weight excluding hydrogens is 542 g/mol. The Labute approximate surface area is 249 Å². The third kappa shape index (κ3) is 5.92. The second-order valence-corrected chi connectivity index (χ2v) is 10.1. The first kappa shape index (κ1) is 27.6. The van der Waals surface area contributed by atoms with E-state index < -0.39 is 6.04 Å². The fraction of sp³-hybridized carbons (Fsp3) is 0.147. The van der Waals surface area contributed by atoms with Gasteiger partial charge in [-0.1, -0.05) is 66.7 Å². The van der Waals surface area contributed by atoms with E-state index in [9.17, 15) is 9.90 Å². The molecule has 1 unspecified atom stereocenters. The molecule has 3 N–H and O–H groups in total. The van der Waals surface area contributed by atoms with E-state index >= 15 is 0 Å². The van der Waals surface area contributed by atoms with Crippen LogP contribution in [0.5, 0.6) is 17.2 Å². The van der Waals surface area contributed by atoms with Crippen LogP contribution in [-0.4, -0.2) is 32.4 Å². The third-order valence-electron chi connectivity index (χ3n) is 7.05. The predicted molar refractivity (Wildman–Crippen MR) is 165 cm³/mol. The van der Waals surface area contributed by atoms with Crippen LogP contribution in [0.2, 0.25) is 0 Å². The number of anilines is 2. The van der Waals surface area contributed by atoms with Crippen LogP contribution in [0, 0.1) is 0 Å². The minimum Gasteiger partial charge on any atom is -0.508 e. The Morgan fingerprint density at radius 1 is 0.930 bits per heavy atom. The number of phenolic OH excluding ortho intramolecular Hbond substituents is 1. The van der Waals surface area contributed by atoms with Crippen molar-refractivity contribution in [3.05, 3.63) is 126 Å². The summed E-state index contributed by atoms with van der Waals surface area (Å²) in [6.45, 7) is 4.58. The zero-order valence-corrected chi connectivity index (χ0v) is 23.8. The summed E-state index contributed by atoms with van der Waals surface area (Å²) in [6.07, 6.45) is 0. The molecule has 1 aliphatic rings. The van der Waals surface area contributed by atoms with Crippen LogP contribution in [0.1, 0.15) is 31.0 Å². The summed E-state index contributed by atoms with van der Waals surface area (Å²) in [4.78, 5) is 18.6. The molecule has 5 aromatic rings. The van der Waals surface area contributed by atoms with E-state index in [4.69, 9.17) is 19.6 Å². The van der Waals surface area contributed by atoms with Gasteiger partial charge < -0.3 is 25.2 Å². The van der Waals surface area contributed by atoms with Gasteiger partial charge in [0.25, 0.3) is 5.91 Å². The van der Waals surface area contributed by atoms with Crippen LogP contribution in [0.3, 0.4) is 0 Å². The number of para-hydroxylation sites is 1. The van der Waals surface area contributed by atoms with E-state index in [2.05, 4.69) is 10.6 Å². The van der Waals surface area contributed by atoms with E-state index in [0.717, 1.165) is 11.1 Å². The van der Waals surface area contributed by atoms with Crippen molar-refractivity contribution < 1.29 is 19.4 Å². The minimum absolute atomic E-state index is 0.111. The summed E-state index contributed by atoms with van der Waals surface area (Å²) in [5, 5.41) is 21.2. The number of hydrogen-bond donors (Lipinski definition) is 3. The molecule has 6 rings (SSSR count). The van der Waals surface area contributed by atoms with E-state index in [0.29, 0.717) is 59.0 Å². The molecular formula is C34H31N5O4. The summed E-state index contributed by atoms with van der Waals surface area (Å²) < 4.78 is 13.9. The molecule has 0 saturated heterocycles. The number of fused-ring (bicyclic) bond motifs is 1. The van der Waals surface area contributed by atoms with Crippen LogP contribution < -0.4 is 20.1 Å². The molecule has 2 heterocycles. The number of ether oxygens (including phenoxy) is 2. The van der Waals surface area contributed by atoms with E-state index in [-0.39, 0.29) is 11.7 Å². The summed E-state index contributed by atoms with van der Waals surface area (Å²) >= 11 is 0. The molecule has 0 bridgehead atoms. The maximum atomic E-state index is 13.9. The highest BCUT2D eigenvalue weighted by Crippen LogP contribution is 2.40. The van der Waals surface area contributed by atoms with Gasteiger partial charge in [-0.05, 0) is 61.4 Å². The van der Waals surface area contributed by atoms with Gasteiger partial charge in [-0.25, -0.2) is 4.68 Å². The van der Waals surface area contributed by atoms with Crippen LogP contribution in [0.15, 0.2) is 114 Å². The number of rotatable bonds is 9. The minimum atomic E-state index is -0.638. The van der Waals surface area contributed by atoms with Crippen LogP contribution in [-0.2, 0) is 11.4 Å². The van der Waals surface area contributed by atoms with Gasteiger partial charge in [0.2, 0.25) is 5.95 Å². The Bertz CT molecular complexity index is 1780. The van der Waals surface area contributed by atoms with Gasteiger partial charge in [0.15, 0.2) is 17.3 Å². The highest BCUT2D eigenvalue weighted by Gasteiger charge is 2.35. The number of allylic oxidation sites excluding steroid dienone is 1. The summed E-state index contributed by atoms with van der Waals surface area (Å²) in [5.74, 6) is 1.87. The van der Waals surface area contributed by atoms with Crippen LogP contribution in [0.25, 0.3) is 11.4 Å². The molecule has 0 fully saturated rings. The van der Waals surface area contributed by atoms with Crippen molar-refractivity contribution in [3.8, 4) is 28.6 Å². The topological polar surface area (TPSA) is 111 Å². The molecule has 1 amide bonds. The highest BCUT2D eigenvalue weighted by atomic mass is 16.5. The van der Waals surface area contributed by atoms with Gasteiger partial charge in [0.1, 0.15) is 18.4 Å². The molecule has 9 heteroatoms. The number of carbonyl (C=O) groups excluding carboxylic acids is 1. The number of nitrogens with one attached hydrogen (secondary N) is 2. The average molecular weight is 574 g/mol. The molecule has 1 aliphatic heterocycles. The Kier molecular flexibility index (Phi) is 7.78. The van der Waals surface area contributed by atoms with Gasteiger partial charge in [-0.15, -0.1) is 5.10 Å². The fourth-order valence-corrected chi connectivity index (χ4v) is 5.06. The zero-order valence-electron chi connectivity index (χ0n) is 23.8. The average Bonchev–Trinajstić information content (AvgIpc) is 3.44. The highest BCUT2D eigenvalue weighted by molar-refractivity contribution is 6.06. The SMILES string of the molecule is CCOc1cc(C2C(C(=O)Nc3ccccc3)=C(C)Nc3nc(-c4cccc(O)c4)nn32)ccc1OCc1ccccc1. The smallest absolute Gasteiger partial charge is 0.255 e. The molecule has 216 valence electrons. The zero-order chi connectivity index (χ0) is 29.8. The molecule has 0 spiro atoms. The van der Waals surface area contributed by atoms with Crippen molar-refractivity contribution >= 4 is 17.5 Å². The van der Waals surface area contributed by atoms with Gasteiger partial charge >= 0.3 is 0 Å². The molecule has 1 atom stereocenters. The Balaban J connectivity index is 1.42. The van der Waals surface area contributed by atoms with E-state index in [1.54, 1.807) is 22.9 Å². The number of hydrogen-bond acceptors (Lipinski definition) is 7. The Morgan fingerprint density at radius 3 is 2.44 bits per heavy atom. The lowest BCUT2D eigenvalue weighted by Crippen LogP contribution is -2.31. The van der Waals surface area contributed by atoms with E-state index in [1.165, 1.54) is 0 Å². The number of benzene rings is 4. The number of phenols is 1. The standard InChI is InChI=1S/C34H31N5O4/c1-3-42-29-20-24(17-18-28(29)43-21-23-11-6-4-7-12-23)31-30(33(41)36-26-14-8-5-9-15-26)22(2)35-34-37-32(38-39(31)34)25-13-10-16-27(40)19-25/h4-20,31,40H,3,21H2,1-2H3,(H,36,41)(H,35,37,38). The second-order valence-electron chi connectivity index (χ2n) is 10.1. The van der Waals surface area contributed by atoms with Crippen molar-refractivity contribution in [2.75, 3.05) is 17.2 Å². The van der Waals surface area contributed by atoms with Gasteiger partial charge in [-0.3, -0.25) is 4.79 Å². The lowest BCUT2D eigenvalue weighted by Gasteiger charge is -2.29. The van der Waals surface area contributed by atoms with Gasteiger partial charge in [0.05, 0.1) is 12.2 Å². The first-order valence-corrected chi connectivity index (χ1v) is 14.0. The fourth-order valence-electron chi connectivity index (χ4n) is 5.06. The van der Waals surface area contributed by atoms with Gasteiger partial charge in [-0.2, -0.15) is 4.98 Å². The number of aromatic nitrogens is 3. The maximum absolute atomic E-state index is 13.9. The molecule has 43 heavy (non-hydrogen) atoms. The van der Waals surface area contributed by atoms with Gasteiger partial charge in [0, 0.05) is 16.9 Å². The molecule has 9 nitrogen and oxygen atoms in total. The number of aromatic hydroxyl groups is 1. The van der Waals surface area contributed by atoms with Crippen molar-refractivity contribution in [1.29, 1.82) is 0 Å². The van der Waals surface area contributed by atoms with Crippen molar-refractivity contribution in [3.63, 3.8) is 0 Å². The predicted octanol–water partition coefficient (Wildman–Crippen LogP) is 6.56. The number of carbonyl (C=O) groups is 1. The number of nitrogens with zero attached hydrogens (tertiary/aromatic N) is 3. The maximum Gasteiger partial charge on any atom is 0.255 e. The summed E-state index contributed by atoms with van der Waals surface area (Å²) in [6, 6.07) is 31.0.